The number of aromatic nitrogens is 2. The van der Waals surface area contributed by atoms with Gasteiger partial charge >= 0.3 is 0 Å². The molecule has 2 rings (SSSR count). The van der Waals surface area contributed by atoms with E-state index in [9.17, 15) is 0 Å². The maximum atomic E-state index is 6.07. The molecule has 3 nitrogen and oxygen atoms in total. The summed E-state index contributed by atoms with van der Waals surface area (Å²) >= 11 is 6.02. The average Bonchev–Trinajstić information content (AvgIpc) is 2.47. The number of rotatable bonds is 4. The van der Waals surface area contributed by atoms with Crippen LogP contribution >= 0.6 is 11.6 Å². The van der Waals surface area contributed by atoms with Crippen LogP contribution in [0.25, 0.3) is 0 Å². The summed E-state index contributed by atoms with van der Waals surface area (Å²) in [6.45, 7) is 10.3. The van der Waals surface area contributed by atoms with Crippen molar-refractivity contribution in [3.05, 3.63) is 46.5 Å². The highest BCUT2D eigenvalue weighted by Crippen LogP contribution is 2.32. The summed E-state index contributed by atoms with van der Waals surface area (Å²) in [5, 5.41) is 0. The van der Waals surface area contributed by atoms with Crippen LogP contribution < -0.4 is 4.74 Å². The minimum absolute atomic E-state index is 0.267. The van der Waals surface area contributed by atoms with Crippen molar-refractivity contribution in [3.8, 4) is 11.5 Å². The Morgan fingerprint density at radius 2 is 1.81 bits per heavy atom. The smallest absolute Gasteiger partial charge is 0.168 e. The van der Waals surface area contributed by atoms with Gasteiger partial charge in [-0.3, -0.25) is 0 Å². The van der Waals surface area contributed by atoms with Gasteiger partial charge in [0, 0.05) is 5.92 Å². The molecular formula is C17H21ClN2O. The lowest BCUT2D eigenvalue weighted by Gasteiger charge is -2.15. The van der Waals surface area contributed by atoms with Crippen molar-refractivity contribution in [3.63, 3.8) is 0 Å². The summed E-state index contributed by atoms with van der Waals surface area (Å²) in [5.74, 6) is 2.86. The van der Waals surface area contributed by atoms with Crippen LogP contribution in [0.3, 0.4) is 0 Å². The Morgan fingerprint density at radius 1 is 1.14 bits per heavy atom. The second-order valence-electron chi connectivity index (χ2n) is 5.58. The van der Waals surface area contributed by atoms with Gasteiger partial charge in [-0.2, -0.15) is 0 Å². The molecule has 0 amide bonds. The molecule has 0 aliphatic carbocycles. The standard InChI is InChI=1S/C17H21ClN2O/c1-10(2)17-19-9-15(14(8-18)20-17)21-16-12(4)7-6-11(3)13(16)5/h6-7,9-10H,8H2,1-5H3. The van der Waals surface area contributed by atoms with Crippen LogP contribution in [0.4, 0.5) is 0 Å². The molecule has 1 aromatic carbocycles. The zero-order chi connectivity index (χ0) is 15.6. The number of ether oxygens (including phenoxy) is 1. The Morgan fingerprint density at radius 3 is 2.43 bits per heavy atom. The molecule has 4 heteroatoms. The Labute approximate surface area is 131 Å². The molecule has 2 aromatic rings. The van der Waals surface area contributed by atoms with E-state index in [1.165, 1.54) is 5.56 Å². The topological polar surface area (TPSA) is 35.0 Å². The van der Waals surface area contributed by atoms with Gasteiger partial charge in [0.05, 0.1) is 12.1 Å². The molecule has 0 spiro atoms. The third kappa shape index (κ3) is 3.35. The van der Waals surface area contributed by atoms with E-state index in [4.69, 9.17) is 16.3 Å². The predicted octanol–water partition coefficient (Wildman–Crippen LogP) is 5.06. The summed E-state index contributed by atoms with van der Waals surface area (Å²) in [7, 11) is 0. The fourth-order valence-electron chi connectivity index (χ4n) is 2.07. The highest BCUT2D eigenvalue weighted by atomic mass is 35.5. The van der Waals surface area contributed by atoms with E-state index >= 15 is 0 Å². The molecule has 0 aliphatic rings. The highest BCUT2D eigenvalue weighted by Gasteiger charge is 2.14. The van der Waals surface area contributed by atoms with Gasteiger partial charge in [-0.25, -0.2) is 9.97 Å². The van der Waals surface area contributed by atoms with Crippen molar-refractivity contribution in [1.82, 2.24) is 9.97 Å². The van der Waals surface area contributed by atoms with Crippen LogP contribution in [0.2, 0.25) is 0 Å². The first-order valence-corrected chi connectivity index (χ1v) is 7.64. The van der Waals surface area contributed by atoms with Gasteiger partial charge < -0.3 is 4.74 Å². The monoisotopic (exact) mass is 304 g/mol. The quantitative estimate of drug-likeness (QED) is 0.741. The van der Waals surface area contributed by atoms with Crippen LogP contribution in [0, 0.1) is 20.8 Å². The van der Waals surface area contributed by atoms with E-state index in [2.05, 4.69) is 49.8 Å². The molecular weight excluding hydrogens is 284 g/mol. The molecule has 0 radical (unpaired) electrons. The Kier molecular flexibility index (Phi) is 4.84. The lowest BCUT2D eigenvalue weighted by atomic mass is 10.1. The molecule has 0 fully saturated rings. The van der Waals surface area contributed by atoms with Gasteiger partial charge in [-0.1, -0.05) is 26.0 Å². The summed E-state index contributed by atoms with van der Waals surface area (Å²) in [5.41, 5.74) is 4.15. The predicted molar refractivity (Wildman–Crippen MR) is 86.4 cm³/mol. The van der Waals surface area contributed by atoms with Crippen molar-refractivity contribution in [1.29, 1.82) is 0 Å². The fraction of sp³-hybridized carbons (Fsp3) is 0.412. The van der Waals surface area contributed by atoms with Gasteiger partial charge in [0.25, 0.3) is 0 Å². The minimum Gasteiger partial charge on any atom is -0.453 e. The molecule has 0 saturated carbocycles. The molecule has 0 N–H and O–H groups in total. The maximum absolute atomic E-state index is 6.07. The normalized spacial score (nSPS) is 11.0. The van der Waals surface area contributed by atoms with Crippen molar-refractivity contribution < 1.29 is 4.74 Å². The van der Waals surface area contributed by atoms with E-state index in [0.29, 0.717) is 11.6 Å². The first kappa shape index (κ1) is 15.8. The van der Waals surface area contributed by atoms with Crippen molar-refractivity contribution in [2.45, 2.75) is 46.4 Å². The number of halogens is 1. The summed E-state index contributed by atoms with van der Waals surface area (Å²) in [6, 6.07) is 4.15. The van der Waals surface area contributed by atoms with Crippen LogP contribution in [0.15, 0.2) is 18.3 Å². The third-order valence-corrected chi connectivity index (χ3v) is 3.83. The number of nitrogens with zero attached hydrogens (tertiary/aromatic N) is 2. The first-order chi connectivity index (χ1) is 9.93. The first-order valence-electron chi connectivity index (χ1n) is 7.10. The Bertz CT molecular complexity index is 653. The van der Waals surface area contributed by atoms with Gasteiger partial charge in [0.15, 0.2) is 5.75 Å². The molecule has 112 valence electrons. The maximum Gasteiger partial charge on any atom is 0.168 e. The Balaban J connectivity index is 2.43. The third-order valence-electron chi connectivity index (χ3n) is 3.58. The number of aryl methyl sites for hydroxylation is 2. The van der Waals surface area contributed by atoms with Crippen molar-refractivity contribution in [2.24, 2.45) is 0 Å². The number of benzene rings is 1. The zero-order valence-corrected chi connectivity index (χ0v) is 14.0. The molecule has 0 atom stereocenters. The van der Waals surface area contributed by atoms with E-state index in [1.54, 1.807) is 6.20 Å². The van der Waals surface area contributed by atoms with Gasteiger partial charge in [0.2, 0.25) is 0 Å². The van der Waals surface area contributed by atoms with Crippen LogP contribution in [0.1, 0.15) is 48.0 Å². The highest BCUT2D eigenvalue weighted by molar-refractivity contribution is 6.17. The largest absolute Gasteiger partial charge is 0.453 e. The average molecular weight is 305 g/mol. The lowest BCUT2D eigenvalue weighted by Crippen LogP contribution is -2.03. The Hall–Kier alpha value is -1.61. The molecule has 21 heavy (non-hydrogen) atoms. The summed E-state index contributed by atoms with van der Waals surface area (Å²) in [6.07, 6.45) is 1.72. The van der Waals surface area contributed by atoms with Crippen molar-refractivity contribution >= 4 is 11.6 Å². The van der Waals surface area contributed by atoms with Gasteiger partial charge in [0.1, 0.15) is 17.3 Å². The van der Waals surface area contributed by atoms with Crippen LogP contribution in [-0.4, -0.2) is 9.97 Å². The number of hydrogen-bond donors (Lipinski definition) is 0. The van der Waals surface area contributed by atoms with Gasteiger partial charge in [-0.05, 0) is 37.5 Å². The second kappa shape index (κ2) is 6.44. The van der Waals surface area contributed by atoms with E-state index < -0.39 is 0 Å². The van der Waals surface area contributed by atoms with Crippen molar-refractivity contribution in [2.75, 3.05) is 0 Å². The van der Waals surface area contributed by atoms with Gasteiger partial charge in [-0.15, -0.1) is 11.6 Å². The zero-order valence-electron chi connectivity index (χ0n) is 13.2. The summed E-state index contributed by atoms with van der Waals surface area (Å²) < 4.78 is 6.07. The van der Waals surface area contributed by atoms with E-state index in [0.717, 1.165) is 28.4 Å². The minimum atomic E-state index is 0.267. The van der Waals surface area contributed by atoms with E-state index in [-0.39, 0.29) is 5.92 Å². The van der Waals surface area contributed by atoms with E-state index in [1.807, 2.05) is 6.92 Å². The molecule has 1 heterocycles. The fourth-order valence-corrected chi connectivity index (χ4v) is 2.26. The second-order valence-corrected chi connectivity index (χ2v) is 5.85. The number of hydrogen-bond acceptors (Lipinski definition) is 3. The van der Waals surface area contributed by atoms with Crippen LogP contribution in [-0.2, 0) is 5.88 Å². The lowest BCUT2D eigenvalue weighted by molar-refractivity contribution is 0.462. The molecule has 1 aromatic heterocycles. The molecule has 0 saturated heterocycles. The SMILES string of the molecule is Cc1ccc(C)c(Oc2cnc(C(C)C)nc2CCl)c1C. The molecule has 0 bridgehead atoms. The molecule has 0 unspecified atom stereocenters. The summed E-state index contributed by atoms with van der Waals surface area (Å²) in [4.78, 5) is 8.87. The number of alkyl halides is 1. The molecule has 0 aliphatic heterocycles. The van der Waals surface area contributed by atoms with Crippen LogP contribution in [0.5, 0.6) is 11.5 Å².